The van der Waals surface area contributed by atoms with Crippen molar-refractivity contribution in [2.45, 2.75) is 24.4 Å². The molecule has 4 aromatic rings. The highest BCUT2D eigenvalue weighted by Gasteiger charge is 2.15. The first-order valence-corrected chi connectivity index (χ1v) is 11.2. The largest absolute Gasteiger partial charge is 0.383 e. The van der Waals surface area contributed by atoms with Crippen molar-refractivity contribution in [2.75, 3.05) is 13.7 Å². The van der Waals surface area contributed by atoms with E-state index in [0.29, 0.717) is 13.2 Å². The van der Waals surface area contributed by atoms with Crippen molar-refractivity contribution in [2.24, 2.45) is 0 Å². The van der Waals surface area contributed by atoms with Gasteiger partial charge in [0.15, 0.2) is 11.0 Å². The van der Waals surface area contributed by atoms with Crippen LogP contribution >= 0.6 is 23.1 Å². The number of methoxy groups -OCH3 is 1. The quantitative estimate of drug-likeness (QED) is 0.360. The van der Waals surface area contributed by atoms with E-state index in [1.165, 1.54) is 10.4 Å². The predicted octanol–water partition coefficient (Wildman–Crippen LogP) is 5.32. The Morgan fingerprint density at radius 2 is 1.86 bits per heavy atom. The summed E-state index contributed by atoms with van der Waals surface area (Å²) in [5.74, 6) is 1.69. The number of thioether (sulfide) groups is 1. The summed E-state index contributed by atoms with van der Waals surface area (Å²) in [7, 11) is 1.71. The summed E-state index contributed by atoms with van der Waals surface area (Å²) in [5.41, 5.74) is 3.43. The Labute approximate surface area is 178 Å². The second kappa shape index (κ2) is 9.35. The van der Waals surface area contributed by atoms with E-state index in [1.54, 1.807) is 30.2 Å². The maximum absolute atomic E-state index is 5.31. The lowest BCUT2D eigenvalue weighted by Gasteiger charge is -2.09. The van der Waals surface area contributed by atoms with Crippen LogP contribution in [0.15, 0.2) is 66.0 Å². The van der Waals surface area contributed by atoms with Crippen LogP contribution < -0.4 is 0 Å². The molecule has 5 nitrogen and oxygen atoms in total. The second-order valence-corrected chi connectivity index (χ2v) is 8.66. The molecule has 0 unspecified atom stereocenters. The van der Waals surface area contributed by atoms with Gasteiger partial charge in [0.25, 0.3) is 0 Å². The Balaban J connectivity index is 1.53. The Bertz CT molecular complexity index is 1080. The molecule has 2 heterocycles. The van der Waals surface area contributed by atoms with Gasteiger partial charge in [-0.1, -0.05) is 65.9 Å². The summed E-state index contributed by atoms with van der Waals surface area (Å²) < 4.78 is 7.45. The third-order valence-electron chi connectivity index (χ3n) is 4.43. The number of benzene rings is 2. The number of hydrogen-bond acceptors (Lipinski definition) is 6. The van der Waals surface area contributed by atoms with Crippen LogP contribution in [0.2, 0.25) is 0 Å². The van der Waals surface area contributed by atoms with Crippen molar-refractivity contribution in [1.29, 1.82) is 0 Å². The molecule has 0 aliphatic heterocycles. The summed E-state index contributed by atoms with van der Waals surface area (Å²) in [5, 5.41) is 10.9. The fourth-order valence-electron chi connectivity index (χ4n) is 3.00. The molecule has 0 fully saturated rings. The van der Waals surface area contributed by atoms with Crippen LogP contribution in [0, 0.1) is 6.92 Å². The monoisotopic (exact) mass is 422 g/mol. The SMILES string of the molecule is COCCn1c(SCc2cnc(-c3ccccc3)s2)nnc1-c1cccc(C)c1. The van der Waals surface area contributed by atoms with Gasteiger partial charge in [-0.2, -0.15) is 0 Å². The summed E-state index contributed by atoms with van der Waals surface area (Å²) >= 11 is 3.40. The molecular weight excluding hydrogens is 400 g/mol. The molecule has 2 aromatic carbocycles. The molecule has 4 rings (SSSR count). The van der Waals surface area contributed by atoms with Gasteiger partial charge in [-0.25, -0.2) is 4.98 Å². The lowest BCUT2D eigenvalue weighted by atomic mass is 10.1. The van der Waals surface area contributed by atoms with Gasteiger partial charge in [0.05, 0.1) is 13.2 Å². The highest BCUT2D eigenvalue weighted by atomic mass is 32.2. The van der Waals surface area contributed by atoms with Gasteiger partial charge in [-0.15, -0.1) is 21.5 Å². The zero-order chi connectivity index (χ0) is 20.1. The average molecular weight is 423 g/mol. The standard InChI is InChI=1S/C22H22N4OS2/c1-16-7-6-10-18(13-16)20-24-25-22(26(20)11-12-27-2)28-15-19-14-23-21(29-19)17-8-4-3-5-9-17/h3-10,13-14H,11-12,15H2,1-2H3. The van der Waals surface area contributed by atoms with Gasteiger partial charge in [0.1, 0.15) is 5.01 Å². The molecule has 7 heteroatoms. The minimum absolute atomic E-state index is 0.614. The zero-order valence-electron chi connectivity index (χ0n) is 16.4. The fraction of sp³-hybridized carbons (Fsp3) is 0.227. The Morgan fingerprint density at radius 3 is 2.66 bits per heavy atom. The van der Waals surface area contributed by atoms with Crippen molar-refractivity contribution in [3.05, 3.63) is 71.2 Å². The lowest BCUT2D eigenvalue weighted by Crippen LogP contribution is -2.07. The number of ether oxygens (including phenoxy) is 1. The van der Waals surface area contributed by atoms with E-state index in [0.717, 1.165) is 32.9 Å². The van der Waals surface area contributed by atoms with E-state index in [4.69, 9.17) is 4.74 Å². The fourth-order valence-corrected chi connectivity index (χ4v) is 4.91. The third kappa shape index (κ3) is 4.75. The Morgan fingerprint density at radius 1 is 1.03 bits per heavy atom. The predicted molar refractivity (Wildman–Crippen MR) is 119 cm³/mol. The van der Waals surface area contributed by atoms with Crippen LogP contribution in [0.5, 0.6) is 0 Å². The minimum Gasteiger partial charge on any atom is -0.383 e. The molecule has 0 radical (unpaired) electrons. The summed E-state index contributed by atoms with van der Waals surface area (Å²) in [6, 6.07) is 18.6. The highest BCUT2D eigenvalue weighted by Crippen LogP contribution is 2.31. The molecule has 148 valence electrons. The molecule has 2 aromatic heterocycles. The molecule has 0 saturated carbocycles. The van der Waals surface area contributed by atoms with Gasteiger partial charge in [0.2, 0.25) is 0 Å². The molecule has 0 aliphatic carbocycles. The first-order valence-electron chi connectivity index (χ1n) is 9.36. The lowest BCUT2D eigenvalue weighted by molar-refractivity contribution is 0.185. The molecule has 0 spiro atoms. The maximum atomic E-state index is 5.31. The van der Waals surface area contributed by atoms with Crippen LogP contribution in [0.25, 0.3) is 22.0 Å². The number of rotatable bonds is 8. The van der Waals surface area contributed by atoms with Gasteiger partial charge in [-0.05, 0) is 13.0 Å². The van der Waals surface area contributed by atoms with Crippen molar-refractivity contribution < 1.29 is 4.74 Å². The molecule has 0 atom stereocenters. The highest BCUT2D eigenvalue weighted by molar-refractivity contribution is 7.98. The van der Waals surface area contributed by atoms with Gasteiger partial charge in [-0.3, -0.25) is 4.57 Å². The minimum atomic E-state index is 0.614. The van der Waals surface area contributed by atoms with Crippen molar-refractivity contribution in [3.8, 4) is 22.0 Å². The van der Waals surface area contributed by atoms with Crippen LogP contribution in [-0.2, 0) is 17.0 Å². The number of hydrogen-bond donors (Lipinski definition) is 0. The number of nitrogens with zero attached hydrogens (tertiary/aromatic N) is 4. The maximum Gasteiger partial charge on any atom is 0.191 e. The number of thiazole rings is 1. The normalized spacial score (nSPS) is 11.1. The van der Waals surface area contributed by atoms with Crippen LogP contribution in [0.1, 0.15) is 10.4 Å². The van der Waals surface area contributed by atoms with Gasteiger partial charge >= 0.3 is 0 Å². The van der Waals surface area contributed by atoms with E-state index >= 15 is 0 Å². The summed E-state index contributed by atoms with van der Waals surface area (Å²) in [6.45, 7) is 3.42. The topological polar surface area (TPSA) is 52.8 Å². The van der Waals surface area contributed by atoms with E-state index < -0.39 is 0 Å². The van der Waals surface area contributed by atoms with Crippen molar-refractivity contribution in [3.63, 3.8) is 0 Å². The Hall–Kier alpha value is -2.48. The first kappa shape index (κ1) is 19.8. The molecule has 0 N–H and O–H groups in total. The molecule has 29 heavy (non-hydrogen) atoms. The molecular formula is C22H22N4OS2. The van der Waals surface area contributed by atoms with Gasteiger partial charge in [0, 0.05) is 35.1 Å². The molecule has 0 saturated heterocycles. The van der Waals surface area contributed by atoms with E-state index in [2.05, 4.69) is 63.1 Å². The van der Waals surface area contributed by atoms with E-state index in [1.807, 2.05) is 24.4 Å². The number of aromatic nitrogens is 4. The van der Waals surface area contributed by atoms with E-state index in [9.17, 15) is 0 Å². The third-order valence-corrected chi connectivity index (χ3v) is 6.67. The van der Waals surface area contributed by atoms with Crippen molar-refractivity contribution >= 4 is 23.1 Å². The van der Waals surface area contributed by atoms with Crippen LogP contribution in [-0.4, -0.2) is 33.5 Å². The zero-order valence-corrected chi connectivity index (χ0v) is 18.0. The number of aryl methyl sites for hydroxylation is 1. The van der Waals surface area contributed by atoms with E-state index in [-0.39, 0.29) is 0 Å². The summed E-state index contributed by atoms with van der Waals surface area (Å²) in [4.78, 5) is 5.79. The smallest absolute Gasteiger partial charge is 0.191 e. The van der Waals surface area contributed by atoms with Crippen molar-refractivity contribution in [1.82, 2.24) is 19.7 Å². The van der Waals surface area contributed by atoms with Crippen LogP contribution in [0.3, 0.4) is 0 Å². The average Bonchev–Trinajstić information content (AvgIpc) is 3.38. The molecule has 0 aliphatic rings. The molecule has 0 bridgehead atoms. The first-order chi connectivity index (χ1) is 14.2. The summed E-state index contributed by atoms with van der Waals surface area (Å²) in [6.07, 6.45) is 1.96. The molecule has 0 amide bonds. The Kier molecular flexibility index (Phi) is 6.39. The van der Waals surface area contributed by atoms with Gasteiger partial charge < -0.3 is 4.74 Å². The second-order valence-electron chi connectivity index (χ2n) is 6.61. The van der Waals surface area contributed by atoms with Crippen LogP contribution in [0.4, 0.5) is 0 Å².